The molecule has 1 N–H and O–H groups in total. The van der Waals surface area contributed by atoms with E-state index in [1.807, 2.05) is 61.5 Å². The predicted octanol–water partition coefficient (Wildman–Crippen LogP) is 4.18. The molecular weight excluding hydrogens is 344 g/mol. The normalized spacial score (nSPS) is 13.6. The average molecular weight is 364 g/mol. The molecule has 0 bridgehead atoms. The van der Waals surface area contributed by atoms with Gasteiger partial charge >= 0.3 is 0 Å². The number of amides is 1. The minimum absolute atomic E-state index is 0.0452. The van der Waals surface area contributed by atoms with Crippen LogP contribution in [0.15, 0.2) is 59.8 Å². The van der Waals surface area contributed by atoms with Gasteiger partial charge in [-0.05, 0) is 49.6 Å². The summed E-state index contributed by atoms with van der Waals surface area (Å²) in [6, 6.07) is 17.9. The standard InChI is InChI=1S/C20H20N4OS/c1-14-6-5-7-16(12-14)21-18(25)13-26-20-23-22-19(15-10-11-15)24(20)17-8-3-2-4-9-17/h2-9,12,15H,10-11,13H2,1H3,(H,21,25). The molecule has 1 saturated carbocycles. The van der Waals surface area contributed by atoms with Crippen molar-refractivity contribution >= 4 is 23.4 Å². The Hall–Kier alpha value is -2.60. The van der Waals surface area contributed by atoms with E-state index < -0.39 is 0 Å². The Bertz CT molecular complexity index is 919. The molecule has 0 spiro atoms. The maximum Gasteiger partial charge on any atom is 0.234 e. The Labute approximate surface area is 156 Å². The number of para-hydroxylation sites is 1. The van der Waals surface area contributed by atoms with Gasteiger partial charge < -0.3 is 5.32 Å². The lowest BCUT2D eigenvalue weighted by atomic mass is 10.2. The number of anilines is 1. The van der Waals surface area contributed by atoms with E-state index in [0.29, 0.717) is 11.7 Å². The predicted molar refractivity (Wildman–Crippen MR) is 104 cm³/mol. The van der Waals surface area contributed by atoms with Crippen molar-refractivity contribution in [2.24, 2.45) is 0 Å². The molecule has 0 atom stereocenters. The molecule has 0 unspecified atom stereocenters. The van der Waals surface area contributed by atoms with Gasteiger partial charge in [-0.15, -0.1) is 10.2 Å². The SMILES string of the molecule is Cc1cccc(NC(=O)CSc2nnc(C3CC3)n2-c2ccccc2)c1. The maximum atomic E-state index is 12.3. The molecule has 1 fully saturated rings. The molecule has 5 nitrogen and oxygen atoms in total. The average Bonchev–Trinajstić information content (AvgIpc) is 3.40. The molecule has 1 aliphatic carbocycles. The Kier molecular flexibility index (Phi) is 4.75. The highest BCUT2D eigenvalue weighted by Gasteiger charge is 2.31. The number of carbonyl (C=O) groups excluding carboxylic acids is 1. The van der Waals surface area contributed by atoms with Crippen molar-refractivity contribution in [3.05, 3.63) is 66.0 Å². The smallest absolute Gasteiger partial charge is 0.234 e. The van der Waals surface area contributed by atoms with Crippen molar-refractivity contribution in [2.75, 3.05) is 11.1 Å². The molecule has 6 heteroatoms. The molecule has 26 heavy (non-hydrogen) atoms. The molecule has 0 radical (unpaired) electrons. The molecule has 1 amide bonds. The van der Waals surface area contributed by atoms with E-state index in [1.165, 1.54) is 11.8 Å². The van der Waals surface area contributed by atoms with Crippen LogP contribution in [0.5, 0.6) is 0 Å². The summed E-state index contributed by atoms with van der Waals surface area (Å²) >= 11 is 1.42. The fraction of sp³-hybridized carbons (Fsp3) is 0.250. The highest BCUT2D eigenvalue weighted by atomic mass is 32.2. The maximum absolute atomic E-state index is 12.3. The summed E-state index contributed by atoms with van der Waals surface area (Å²) in [6.07, 6.45) is 2.31. The third-order valence-corrected chi connectivity index (χ3v) is 5.18. The number of aromatic nitrogens is 3. The Morgan fingerprint density at radius 3 is 2.69 bits per heavy atom. The van der Waals surface area contributed by atoms with E-state index >= 15 is 0 Å². The number of hydrogen-bond acceptors (Lipinski definition) is 4. The van der Waals surface area contributed by atoms with E-state index in [0.717, 1.165) is 40.8 Å². The van der Waals surface area contributed by atoms with Crippen LogP contribution in [0, 0.1) is 6.92 Å². The van der Waals surface area contributed by atoms with Gasteiger partial charge in [-0.25, -0.2) is 0 Å². The Morgan fingerprint density at radius 1 is 1.15 bits per heavy atom. The highest BCUT2D eigenvalue weighted by Crippen LogP contribution is 2.41. The van der Waals surface area contributed by atoms with E-state index in [4.69, 9.17) is 0 Å². The first-order valence-electron chi connectivity index (χ1n) is 8.71. The van der Waals surface area contributed by atoms with Crippen LogP contribution in [-0.2, 0) is 4.79 Å². The fourth-order valence-electron chi connectivity index (χ4n) is 2.85. The first-order valence-corrected chi connectivity index (χ1v) is 9.69. The number of rotatable bonds is 6. The van der Waals surface area contributed by atoms with Crippen molar-refractivity contribution in [2.45, 2.75) is 30.8 Å². The van der Waals surface area contributed by atoms with Gasteiger partial charge in [-0.3, -0.25) is 9.36 Å². The summed E-state index contributed by atoms with van der Waals surface area (Å²) in [5, 5.41) is 12.4. The topological polar surface area (TPSA) is 59.8 Å². The van der Waals surface area contributed by atoms with Crippen molar-refractivity contribution in [3.8, 4) is 5.69 Å². The highest BCUT2D eigenvalue weighted by molar-refractivity contribution is 7.99. The second-order valence-electron chi connectivity index (χ2n) is 6.49. The van der Waals surface area contributed by atoms with E-state index in [1.54, 1.807) is 0 Å². The third-order valence-electron chi connectivity index (χ3n) is 4.25. The summed E-state index contributed by atoms with van der Waals surface area (Å²) in [4.78, 5) is 12.3. The van der Waals surface area contributed by atoms with Gasteiger partial charge in [0, 0.05) is 17.3 Å². The minimum atomic E-state index is -0.0452. The second-order valence-corrected chi connectivity index (χ2v) is 7.43. The fourth-order valence-corrected chi connectivity index (χ4v) is 3.61. The third kappa shape index (κ3) is 3.80. The lowest BCUT2D eigenvalue weighted by Gasteiger charge is -2.10. The van der Waals surface area contributed by atoms with Crippen LogP contribution in [0.2, 0.25) is 0 Å². The number of hydrogen-bond donors (Lipinski definition) is 1. The zero-order chi connectivity index (χ0) is 17.9. The van der Waals surface area contributed by atoms with Gasteiger partial charge in [-0.2, -0.15) is 0 Å². The Morgan fingerprint density at radius 2 is 1.96 bits per heavy atom. The number of aryl methyl sites for hydroxylation is 1. The van der Waals surface area contributed by atoms with Gasteiger partial charge in [0.2, 0.25) is 5.91 Å². The summed E-state index contributed by atoms with van der Waals surface area (Å²) in [7, 11) is 0. The van der Waals surface area contributed by atoms with E-state index in [-0.39, 0.29) is 5.91 Å². The van der Waals surface area contributed by atoms with Crippen molar-refractivity contribution < 1.29 is 4.79 Å². The molecule has 3 aromatic rings. The molecule has 132 valence electrons. The van der Waals surface area contributed by atoms with Gasteiger partial charge in [0.05, 0.1) is 5.75 Å². The molecule has 2 aromatic carbocycles. The van der Waals surface area contributed by atoms with E-state index in [2.05, 4.69) is 20.1 Å². The lowest BCUT2D eigenvalue weighted by molar-refractivity contribution is -0.113. The summed E-state index contributed by atoms with van der Waals surface area (Å²) in [5.41, 5.74) is 2.98. The lowest BCUT2D eigenvalue weighted by Crippen LogP contribution is -2.14. The van der Waals surface area contributed by atoms with Crippen LogP contribution in [-0.4, -0.2) is 26.4 Å². The quantitative estimate of drug-likeness (QED) is 0.667. The number of nitrogens with zero attached hydrogens (tertiary/aromatic N) is 3. The first kappa shape index (κ1) is 16.8. The van der Waals surface area contributed by atoms with Crippen LogP contribution in [0.4, 0.5) is 5.69 Å². The van der Waals surface area contributed by atoms with Crippen LogP contribution >= 0.6 is 11.8 Å². The number of carbonyl (C=O) groups is 1. The zero-order valence-corrected chi connectivity index (χ0v) is 15.4. The molecule has 4 rings (SSSR count). The Balaban J connectivity index is 1.49. The largest absolute Gasteiger partial charge is 0.325 e. The van der Waals surface area contributed by atoms with Crippen LogP contribution in [0.3, 0.4) is 0 Å². The van der Waals surface area contributed by atoms with Crippen molar-refractivity contribution in [1.82, 2.24) is 14.8 Å². The van der Waals surface area contributed by atoms with Crippen LogP contribution in [0.1, 0.15) is 30.1 Å². The van der Waals surface area contributed by atoms with Gasteiger partial charge in [0.1, 0.15) is 5.82 Å². The first-order chi connectivity index (χ1) is 12.7. The number of benzene rings is 2. The summed E-state index contributed by atoms with van der Waals surface area (Å²) in [5.74, 6) is 1.73. The molecule has 0 saturated heterocycles. The molecule has 1 aliphatic rings. The summed E-state index contributed by atoms with van der Waals surface area (Å²) in [6.45, 7) is 2.01. The van der Waals surface area contributed by atoms with Crippen LogP contribution < -0.4 is 5.32 Å². The van der Waals surface area contributed by atoms with Gasteiger partial charge in [0.15, 0.2) is 5.16 Å². The molecular formula is C20H20N4OS. The van der Waals surface area contributed by atoms with Crippen LogP contribution in [0.25, 0.3) is 5.69 Å². The number of thioether (sulfide) groups is 1. The monoisotopic (exact) mass is 364 g/mol. The zero-order valence-electron chi connectivity index (χ0n) is 14.6. The van der Waals surface area contributed by atoms with Gasteiger partial charge in [-0.1, -0.05) is 42.1 Å². The molecule has 0 aliphatic heterocycles. The van der Waals surface area contributed by atoms with Crippen molar-refractivity contribution in [1.29, 1.82) is 0 Å². The molecule has 1 aromatic heterocycles. The minimum Gasteiger partial charge on any atom is -0.325 e. The second kappa shape index (κ2) is 7.33. The molecule has 1 heterocycles. The van der Waals surface area contributed by atoms with Gasteiger partial charge in [0.25, 0.3) is 0 Å². The summed E-state index contributed by atoms with van der Waals surface area (Å²) < 4.78 is 2.09. The van der Waals surface area contributed by atoms with E-state index in [9.17, 15) is 4.79 Å². The number of nitrogens with one attached hydrogen (secondary N) is 1. The van der Waals surface area contributed by atoms with Crippen molar-refractivity contribution in [3.63, 3.8) is 0 Å².